The summed E-state index contributed by atoms with van der Waals surface area (Å²) in [6.07, 6.45) is 2.11. The lowest BCUT2D eigenvalue weighted by Gasteiger charge is -2.54. The summed E-state index contributed by atoms with van der Waals surface area (Å²) in [4.78, 5) is 14.5. The van der Waals surface area contributed by atoms with Crippen LogP contribution in [-0.2, 0) is 15.1 Å². The van der Waals surface area contributed by atoms with Crippen molar-refractivity contribution in [3.63, 3.8) is 0 Å². The van der Waals surface area contributed by atoms with Crippen LogP contribution < -0.4 is 0 Å². The van der Waals surface area contributed by atoms with Crippen LogP contribution in [0.3, 0.4) is 0 Å². The van der Waals surface area contributed by atoms with E-state index in [0.717, 1.165) is 23.9 Å². The molecule has 0 amide bonds. The van der Waals surface area contributed by atoms with Gasteiger partial charge in [0, 0.05) is 18.8 Å². The van der Waals surface area contributed by atoms with E-state index >= 15 is 0 Å². The summed E-state index contributed by atoms with van der Waals surface area (Å²) in [7, 11) is 0. The molecule has 0 unspecified atom stereocenters. The van der Waals surface area contributed by atoms with Gasteiger partial charge in [-0.15, -0.1) is 22.7 Å². The molecule has 140 valence electrons. The van der Waals surface area contributed by atoms with Gasteiger partial charge in [-0.25, -0.2) is 4.79 Å². The number of nitrogens with zero attached hydrogens (tertiary/aromatic N) is 1. The van der Waals surface area contributed by atoms with Gasteiger partial charge >= 0.3 is 5.97 Å². The molecule has 2 bridgehead atoms. The normalized spacial score (nSPS) is 28.5. The number of hydrogen-bond donors (Lipinski definition) is 1. The van der Waals surface area contributed by atoms with Gasteiger partial charge in [0.25, 0.3) is 0 Å². The average molecular weight is 393 g/mol. The summed E-state index contributed by atoms with van der Waals surface area (Å²) in [6, 6.07) is 7.87. The fourth-order valence-corrected chi connectivity index (χ4v) is 6.25. The number of fused-ring (bicyclic) bond motifs is 3. The Bertz CT molecular complexity index is 712. The highest BCUT2D eigenvalue weighted by atomic mass is 32.1. The van der Waals surface area contributed by atoms with Gasteiger partial charge in [-0.2, -0.15) is 0 Å². The molecular weight excluding hydrogens is 366 g/mol. The van der Waals surface area contributed by atoms with Crippen LogP contribution in [0.4, 0.5) is 0 Å². The quantitative estimate of drug-likeness (QED) is 0.625. The summed E-state index contributed by atoms with van der Waals surface area (Å²) in [5.74, 6) is -0.100. The van der Waals surface area contributed by atoms with Crippen LogP contribution in [0.25, 0.3) is 0 Å². The van der Waals surface area contributed by atoms with Gasteiger partial charge in [-0.05, 0) is 36.7 Å². The molecule has 0 radical (unpaired) electrons. The lowest BCUT2D eigenvalue weighted by molar-refractivity contribution is -0.964. The van der Waals surface area contributed by atoms with Crippen molar-refractivity contribution in [2.24, 2.45) is 5.92 Å². The minimum atomic E-state index is -1.70. The summed E-state index contributed by atoms with van der Waals surface area (Å²) < 4.78 is 7.05. The van der Waals surface area contributed by atoms with Gasteiger partial charge in [-0.3, -0.25) is 0 Å². The van der Waals surface area contributed by atoms with Crippen LogP contribution in [0.5, 0.6) is 0 Å². The molecule has 3 fully saturated rings. The maximum atomic E-state index is 13.2. The molecule has 4 nitrogen and oxygen atoms in total. The van der Waals surface area contributed by atoms with E-state index in [0.29, 0.717) is 21.7 Å². The highest BCUT2D eigenvalue weighted by Gasteiger charge is 2.52. The number of piperidine rings is 3. The maximum Gasteiger partial charge on any atom is 0.349 e. The Morgan fingerprint density at radius 2 is 1.77 bits per heavy atom. The molecule has 0 spiro atoms. The van der Waals surface area contributed by atoms with Crippen LogP contribution in [0.15, 0.2) is 35.0 Å². The third kappa shape index (κ3) is 2.83. The Morgan fingerprint density at radius 3 is 2.23 bits per heavy atom. The Morgan fingerprint density at radius 1 is 1.19 bits per heavy atom. The van der Waals surface area contributed by atoms with Crippen molar-refractivity contribution in [3.05, 3.63) is 44.8 Å². The molecule has 5 heterocycles. The number of thiophene rings is 2. The van der Waals surface area contributed by atoms with Crippen LogP contribution >= 0.6 is 22.7 Å². The smallest absolute Gasteiger partial charge is 0.349 e. The number of carbonyl (C=O) groups is 1. The Kier molecular flexibility index (Phi) is 4.72. The van der Waals surface area contributed by atoms with E-state index in [-0.39, 0.29) is 6.10 Å². The number of hydrogen-bond acceptors (Lipinski definition) is 5. The number of aliphatic hydroxyl groups is 1. The highest BCUT2D eigenvalue weighted by Crippen LogP contribution is 2.41. The van der Waals surface area contributed by atoms with E-state index < -0.39 is 11.6 Å². The maximum absolute atomic E-state index is 13.2. The fraction of sp³-hybridized carbons (Fsp3) is 0.550. The van der Waals surface area contributed by atoms with Crippen LogP contribution in [0.1, 0.15) is 36.4 Å². The SMILES string of the molecule is CC(C)[N+]12CCC(CC1)[C@@H](OC(=O)C(O)(c1cccs1)c1cccs1)C2. The van der Waals surface area contributed by atoms with Crippen LogP contribution in [0, 0.1) is 5.92 Å². The van der Waals surface area contributed by atoms with Gasteiger partial charge in [0.1, 0.15) is 6.54 Å². The molecular formula is C20H26NO3S2+. The predicted molar refractivity (Wildman–Crippen MR) is 104 cm³/mol. The molecule has 26 heavy (non-hydrogen) atoms. The second-order valence-electron chi connectivity index (χ2n) is 7.89. The second kappa shape index (κ2) is 6.75. The third-order valence-corrected chi connectivity index (χ3v) is 8.32. The van der Waals surface area contributed by atoms with E-state index in [4.69, 9.17) is 4.74 Å². The highest BCUT2D eigenvalue weighted by molar-refractivity contribution is 7.12. The minimum absolute atomic E-state index is 0.0983. The number of quaternary nitrogens is 1. The molecule has 6 heteroatoms. The molecule has 3 aliphatic rings. The van der Waals surface area contributed by atoms with E-state index in [1.165, 1.54) is 35.8 Å². The predicted octanol–water partition coefficient (Wildman–Crippen LogP) is 3.61. The van der Waals surface area contributed by atoms with Crippen LogP contribution in [-0.4, -0.2) is 47.3 Å². The zero-order valence-corrected chi connectivity index (χ0v) is 16.9. The third-order valence-electron chi connectivity index (χ3n) is 6.36. The van der Waals surface area contributed by atoms with Gasteiger partial charge in [-0.1, -0.05) is 12.1 Å². The molecule has 1 atom stereocenters. The van der Waals surface area contributed by atoms with Crippen LogP contribution in [0.2, 0.25) is 0 Å². The largest absolute Gasteiger partial charge is 0.453 e. The lowest BCUT2D eigenvalue weighted by atomic mass is 9.82. The van der Waals surface area contributed by atoms with E-state index in [1.807, 2.05) is 35.0 Å². The molecule has 0 aromatic carbocycles. The molecule has 3 saturated heterocycles. The first kappa shape index (κ1) is 18.2. The summed E-state index contributed by atoms with van der Waals surface area (Å²) in [5, 5.41) is 15.2. The standard InChI is InChI=1S/C20H26NO3S2/c1-14(2)21-9-7-15(8-10-21)16(13-21)24-19(22)20(23,17-5-3-11-25-17)18-6-4-12-26-18/h3-6,11-12,14-16,23H,7-10,13H2,1-2H3/q+1/t15?,16-,21?/m0/s1. The summed E-state index contributed by atoms with van der Waals surface area (Å²) >= 11 is 2.78. The fourth-order valence-electron chi connectivity index (χ4n) is 4.54. The molecule has 2 aromatic heterocycles. The molecule has 2 aromatic rings. The molecule has 5 rings (SSSR count). The van der Waals surface area contributed by atoms with Crippen molar-refractivity contribution < 1.29 is 19.1 Å². The minimum Gasteiger partial charge on any atom is -0.453 e. The van der Waals surface area contributed by atoms with Gasteiger partial charge in [0.2, 0.25) is 5.60 Å². The summed E-state index contributed by atoms with van der Waals surface area (Å²) in [6.45, 7) is 7.75. The Balaban J connectivity index is 1.60. The van der Waals surface area contributed by atoms with Crippen molar-refractivity contribution in [2.45, 2.75) is 44.4 Å². The zero-order valence-electron chi connectivity index (χ0n) is 15.3. The number of esters is 1. The van der Waals surface area contributed by atoms with Gasteiger partial charge in [0.15, 0.2) is 6.10 Å². The van der Waals surface area contributed by atoms with E-state index in [2.05, 4.69) is 13.8 Å². The first-order valence-corrected chi connectivity index (χ1v) is 11.1. The topological polar surface area (TPSA) is 46.5 Å². The average Bonchev–Trinajstić information content (AvgIpc) is 3.36. The number of carbonyl (C=O) groups excluding carboxylic acids is 1. The van der Waals surface area contributed by atoms with Crippen molar-refractivity contribution in [2.75, 3.05) is 19.6 Å². The zero-order chi connectivity index (χ0) is 18.4. The van der Waals surface area contributed by atoms with Gasteiger partial charge in [0.05, 0.1) is 28.9 Å². The summed E-state index contributed by atoms with van der Waals surface area (Å²) in [5.41, 5.74) is -1.70. The molecule has 0 saturated carbocycles. The Labute approximate surface area is 162 Å². The first-order valence-electron chi connectivity index (χ1n) is 9.33. The number of ether oxygens (including phenoxy) is 1. The molecule has 3 aliphatic heterocycles. The van der Waals surface area contributed by atoms with E-state index in [1.54, 1.807) is 0 Å². The van der Waals surface area contributed by atoms with E-state index in [9.17, 15) is 9.90 Å². The monoisotopic (exact) mass is 392 g/mol. The van der Waals surface area contributed by atoms with Crippen molar-refractivity contribution in [3.8, 4) is 0 Å². The van der Waals surface area contributed by atoms with Crippen molar-refractivity contribution in [1.82, 2.24) is 0 Å². The molecule has 0 aliphatic carbocycles. The second-order valence-corrected chi connectivity index (χ2v) is 9.78. The number of rotatable bonds is 5. The Hall–Kier alpha value is -1.21. The van der Waals surface area contributed by atoms with Gasteiger partial charge < -0.3 is 14.3 Å². The lowest BCUT2D eigenvalue weighted by Crippen LogP contribution is -2.67. The molecule has 1 N–H and O–H groups in total. The van der Waals surface area contributed by atoms with Crippen molar-refractivity contribution in [1.29, 1.82) is 0 Å². The first-order chi connectivity index (χ1) is 12.5. The van der Waals surface area contributed by atoms with Crippen molar-refractivity contribution >= 4 is 28.6 Å².